The van der Waals surface area contributed by atoms with E-state index in [1.807, 2.05) is 6.07 Å². The number of ether oxygens (including phenoxy) is 1. The van der Waals surface area contributed by atoms with E-state index in [0.29, 0.717) is 34.4 Å². The Balaban J connectivity index is 1.68. The summed E-state index contributed by atoms with van der Waals surface area (Å²) >= 11 is 13.9. The number of hydrogen-bond donors (Lipinski definition) is 2. The minimum absolute atomic E-state index is 0.206. The molecule has 0 fully saturated rings. The van der Waals surface area contributed by atoms with Gasteiger partial charge in [-0.05, 0) is 65.4 Å². The van der Waals surface area contributed by atoms with Crippen molar-refractivity contribution in [3.05, 3.63) is 61.6 Å². The van der Waals surface area contributed by atoms with Crippen LogP contribution in [0.2, 0.25) is 10.0 Å². The van der Waals surface area contributed by atoms with Gasteiger partial charge in [-0.25, -0.2) is 0 Å². The van der Waals surface area contributed by atoms with E-state index in [4.69, 9.17) is 27.9 Å². The molecule has 0 saturated carbocycles. The van der Waals surface area contributed by atoms with Crippen LogP contribution in [-0.4, -0.2) is 18.4 Å². The SMILES string of the molecule is O=C(CCCOc1ccc(Cl)cc1Cl)NNC(=O)c1cccc(I)c1. The maximum atomic E-state index is 11.9. The van der Waals surface area contributed by atoms with Crippen molar-refractivity contribution in [3.8, 4) is 5.75 Å². The lowest BCUT2D eigenvalue weighted by Gasteiger charge is -2.09. The summed E-state index contributed by atoms with van der Waals surface area (Å²) in [5.74, 6) is -0.153. The molecule has 2 amide bonds. The molecule has 2 rings (SSSR count). The van der Waals surface area contributed by atoms with Crippen LogP contribution >= 0.6 is 45.8 Å². The molecule has 0 radical (unpaired) electrons. The molecule has 25 heavy (non-hydrogen) atoms. The molecule has 132 valence electrons. The Morgan fingerprint density at radius 2 is 1.88 bits per heavy atom. The van der Waals surface area contributed by atoms with Crippen LogP contribution < -0.4 is 15.6 Å². The second kappa shape index (κ2) is 9.84. The van der Waals surface area contributed by atoms with Crippen LogP contribution in [0.25, 0.3) is 0 Å². The van der Waals surface area contributed by atoms with Crippen LogP contribution in [0, 0.1) is 3.57 Å². The van der Waals surface area contributed by atoms with Crippen molar-refractivity contribution < 1.29 is 14.3 Å². The maximum Gasteiger partial charge on any atom is 0.269 e. The number of rotatable bonds is 6. The molecule has 0 unspecified atom stereocenters. The van der Waals surface area contributed by atoms with Gasteiger partial charge in [-0.1, -0.05) is 29.3 Å². The summed E-state index contributed by atoms with van der Waals surface area (Å²) in [4.78, 5) is 23.6. The van der Waals surface area contributed by atoms with Crippen molar-refractivity contribution in [1.29, 1.82) is 0 Å². The van der Waals surface area contributed by atoms with Crippen molar-refractivity contribution in [2.45, 2.75) is 12.8 Å². The van der Waals surface area contributed by atoms with Crippen molar-refractivity contribution in [2.24, 2.45) is 0 Å². The summed E-state index contributed by atoms with van der Waals surface area (Å²) in [6.07, 6.45) is 0.682. The van der Waals surface area contributed by atoms with Crippen LogP contribution in [0.3, 0.4) is 0 Å². The molecular weight excluding hydrogens is 478 g/mol. The highest BCUT2D eigenvalue weighted by Gasteiger charge is 2.08. The molecule has 5 nitrogen and oxygen atoms in total. The molecule has 0 bridgehead atoms. The average Bonchev–Trinajstić information content (AvgIpc) is 2.58. The first-order valence-corrected chi connectivity index (χ1v) is 9.22. The first kappa shape index (κ1) is 19.8. The predicted molar refractivity (Wildman–Crippen MR) is 106 cm³/mol. The Kier molecular flexibility index (Phi) is 7.80. The van der Waals surface area contributed by atoms with Gasteiger partial charge in [0.05, 0.1) is 11.6 Å². The number of hydrogen-bond acceptors (Lipinski definition) is 3. The van der Waals surface area contributed by atoms with Crippen molar-refractivity contribution in [3.63, 3.8) is 0 Å². The zero-order valence-corrected chi connectivity index (χ0v) is 16.7. The minimum Gasteiger partial charge on any atom is -0.492 e. The fraction of sp³-hybridized carbons (Fsp3) is 0.176. The topological polar surface area (TPSA) is 67.4 Å². The standard InChI is InChI=1S/C17H15Cl2IN2O3/c18-12-6-7-15(14(19)10-12)25-8-2-5-16(23)21-22-17(24)11-3-1-4-13(20)9-11/h1,3-4,6-7,9-10H,2,5,8H2,(H,21,23)(H,22,24). The van der Waals surface area contributed by atoms with Gasteiger partial charge in [0, 0.05) is 20.6 Å². The van der Waals surface area contributed by atoms with E-state index < -0.39 is 0 Å². The lowest BCUT2D eigenvalue weighted by molar-refractivity contribution is -0.122. The summed E-state index contributed by atoms with van der Waals surface area (Å²) in [5.41, 5.74) is 5.24. The fourth-order valence-corrected chi connectivity index (χ4v) is 2.90. The molecule has 0 aromatic heterocycles. The second-order valence-corrected chi connectivity index (χ2v) is 7.13. The van der Waals surface area contributed by atoms with Crippen LogP contribution in [-0.2, 0) is 4.79 Å². The highest BCUT2D eigenvalue weighted by molar-refractivity contribution is 14.1. The molecule has 8 heteroatoms. The molecule has 0 aliphatic rings. The van der Waals surface area contributed by atoms with E-state index in [0.717, 1.165) is 3.57 Å². The number of halogens is 3. The first-order valence-electron chi connectivity index (χ1n) is 7.38. The van der Waals surface area contributed by atoms with Gasteiger partial charge in [-0.15, -0.1) is 0 Å². The number of nitrogens with one attached hydrogen (secondary N) is 2. The van der Waals surface area contributed by atoms with Crippen molar-refractivity contribution in [2.75, 3.05) is 6.61 Å². The number of amides is 2. The lowest BCUT2D eigenvalue weighted by Crippen LogP contribution is -2.41. The van der Waals surface area contributed by atoms with E-state index in [1.165, 1.54) is 0 Å². The Bertz CT molecular complexity index is 771. The number of hydrazine groups is 1. The van der Waals surface area contributed by atoms with Gasteiger partial charge in [0.1, 0.15) is 5.75 Å². The quantitative estimate of drug-likeness (QED) is 0.360. The Labute approximate surface area is 169 Å². The van der Waals surface area contributed by atoms with Gasteiger partial charge >= 0.3 is 0 Å². The maximum absolute atomic E-state index is 11.9. The predicted octanol–water partition coefficient (Wildman–Crippen LogP) is 4.22. The Morgan fingerprint density at radius 3 is 2.60 bits per heavy atom. The largest absolute Gasteiger partial charge is 0.492 e. The highest BCUT2D eigenvalue weighted by atomic mass is 127. The Morgan fingerprint density at radius 1 is 1.08 bits per heavy atom. The third-order valence-corrected chi connectivity index (χ3v) is 4.30. The average molecular weight is 493 g/mol. The van der Waals surface area contributed by atoms with E-state index in [2.05, 4.69) is 33.4 Å². The summed E-state index contributed by atoms with van der Waals surface area (Å²) < 4.78 is 6.43. The molecule has 2 N–H and O–H groups in total. The third-order valence-electron chi connectivity index (χ3n) is 3.10. The van der Waals surface area contributed by atoms with Gasteiger partial charge in [0.25, 0.3) is 5.91 Å². The van der Waals surface area contributed by atoms with Gasteiger partial charge in [0.2, 0.25) is 5.91 Å². The van der Waals surface area contributed by atoms with Gasteiger partial charge in [0.15, 0.2) is 0 Å². The third kappa shape index (κ3) is 6.72. The molecule has 0 spiro atoms. The molecule has 0 heterocycles. The summed E-state index contributed by atoms with van der Waals surface area (Å²) in [6.45, 7) is 0.319. The van der Waals surface area contributed by atoms with Gasteiger partial charge in [-0.3, -0.25) is 20.4 Å². The monoisotopic (exact) mass is 492 g/mol. The minimum atomic E-state index is -0.365. The summed E-state index contributed by atoms with van der Waals surface area (Å²) in [6, 6.07) is 12.0. The second-order valence-electron chi connectivity index (χ2n) is 5.04. The molecule has 2 aromatic rings. The van der Waals surface area contributed by atoms with Crippen LogP contribution in [0.1, 0.15) is 23.2 Å². The lowest BCUT2D eigenvalue weighted by atomic mass is 10.2. The van der Waals surface area contributed by atoms with E-state index >= 15 is 0 Å². The number of benzene rings is 2. The van der Waals surface area contributed by atoms with Crippen molar-refractivity contribution >= 4 is 57.6 Å². The normalized spacial score (nSPS) is 10.2. The first-order chi connectivity index (χ1) is 12.0. The fourth-order valence-electron chi connectivity index (χ4n) is 1.90. The smallest absolute Gasteiger partial charge is 0.269 e. The van der Waals surface area contributed by atoms with E-state index in [-0.39, 0.29) is 18.2 Å². The molecular formula is C17H15Cl2IN2O3. The number of carbonyl (C=O) groups is 2. The van der Waals surface area contributed by atoms with Crippen LogP contribution in [0.15, 0.2) is 42.5 Å². The Hall–Kier alpha value is -1.51. The van der Waals surface area contributed by atoms with E-state index in [1.54, 1.807) is 36.4 Å². The molecule has 0 aliphatic carbocycles. The molecule has 0 aliphatic heterocycles. The summed E-state index contributed by atoms with van der Waals surface area (Å²) in [7, 11) is 0. The van der Waals surface area contributed by atoms with Crippen LogP contribution in [0.4, 0.5) is 0 Å². The zero-order chi connectivity index (χ0) is 18.2. The van der Waals surface area contributed by atoms with E-state index in [9.17, 15) is 9.59 Å². The van der Waals surface area contributed by atoms with Gasteiger partial charge in [-0.2, -0.15) is 0 Å². The van der Waals surface area contributed by atoms with Gasteiger partial charge < -0.3 is 4.74 Å². The molecule has 0 atom stereocenters. The molecule has 2 aromatic carbocycles. The zero-order valence-electron chi connectivity index (χ0n) is 13.0. The highest BCUT2D eigenvalue weighted by Crippen LogP contribution is 2.27. The number of carbonyl (C=O) groups excluding carboxylic acids is 2. The van der Waals surface area contributed by atoms with Crippen molar-refractivity contribution in [1.82, 2.24) is 10.9 Å². The summed E-state index contributed by atoms with van der Waals surface area (Å²) in [5, 5.41) is 0.947. The molecule has 0 saturated heterocycles. The van der Waals surface area contributed by atoms with Crippen LogP contribution in [0.5, 0.6) is 5.75 Å².